The molecule has 0 saturated heterocycles. The van der Waals surface area contributed by atoms with Gasteiger partial charge in [0.25, 0.3) is 0 Å². The fourth-order valence-electron chi connectivity index (χ4n) is 2.57. The van der Waals surface area contributed by atoms with Gasteiger partial charge in [-0.15, -0.1) is 0 Å². The van der Waals surface area contributed by atoms with Crippen molar-refractivity contribution in [2.45, 2.75) is 52.0 Å². The van der Waals surface area contributed by atoms with Gasteiger partial charge in [-0.2, -0.15) is 5.26 Å². The van der Waals surface area contributed by atoms with Gasteiger partial charge in [-0.05, 0) is 57.1 Å². The molecule has 1 aromatic rings. The summed E-state index contributed by atoms with van der Waals surface area (Å²) in [4.78, 5) is 19.0. The number of carbonyl (C=O) groups excluding carboxylic acids is 1. The van der Waals surface area contributed by atoms with Gasteiger partial charge in [0, 0.05) is 18.8 Å². The first-order valence-corrected chi connectivity index (χ1v) is 9.24. The zero-order chi connectivity index (χ0) is 17.0. The molecule has 1 heterocycles. The molecule has 1 amide bonds. The number of aromatic nitrogens is 1. The summed E-state index contributed by atoms with van der Waals surface area (Å²) in [7, 11) is 0. The molecule has 0 aromatic carbocycles. The van der Waals surface area contributed by atoms with Gasteiger partial charge in [0.15, 0.2) is 0 Å². The van der Waals surface area contributed by atoms with Crippen LogP contribution in [-0.4, -0.2) is 34.6 Å². The average Bonchev–Trinajstić information content (AvgIpc) is 3.34. The van der Waals surface area contributed by atoms with E-state index in [9.17, 15) is 10.1 Å². The van der Waals surface area contributed by atoms with E-state index < -0.39 is 0 Å². The van der Waals surface area contributed by atoms with E-state index in [0.717, 1.165) is 36.3 Å². The van der Waals surface area contributed by atoms with Crippen LogP contribution in [-0.2, 0) is 4.79 Å². The van der Waals surface area contributed by atoms with Gasteiger partial charge in [0.2, 0.25) is 5.91 Å². The van der Waals surface area contributed by atoms with E-state index in [1.165, 1.54) is 24.6 Å². The first kappa shape index (κ1) is 17.8. The van der Waals surface area contributed by atoms with E-state index in [1.807, 2.05) is 25.7 Å². The van der Waals surface area contributed by atoms with Crippen molar-refractivity contribution < 1.29 is 4.79 Å². The minimum Gasteiger partial charge on any atom is -0.342 e. The predicted molar refractivity (Wildman–Crippen MR) is 93.5 cm³/mol. The standard InChI is InChI=1S/C18H25N3OS/c1-5-8-21(10-15-6-7-15)17(22)11-23-18-16(9-19)13(3)12(2)14(4)20-18/h15H,5-8,10-11H2,1-4H3. The van der Waals surface area contributed by atoms with Crippen LogP contribution in [0.1, 0.15) is 48.6 Å². The Kier molecular flexibility index (Phi) is 6.06. The molecule has 1 aliphatic rings. The molecule has 0 N–H and O–H groups in total. The Hall–Kier alpha value is -1.54. The summed E-state index contributed by atoms with van der Waals surface area (Å²) in [5.74, 6) is 1.22. The lowest BCUT2D eigenvalue weighted by Gasteiger charge is -2.22. The van der Waals surface area contributed by atoms with E-state index in [4.69, 9.17) is 0 Å². The van der Waals surface area contributed by atoms with Crippen LogP contribution in [0.3, 0.4) is 0 Å². The quantitative estimate of drug-likeness (QED) is 0.716. The van der Waals surface area contributed by atoms with E-state index in [2.05, 4.69) is 18.0 Å². The van der Waals surface area contributed by atoms with Crippen molar-refractivity contribution in [2.75, 3.05) is 18.8 Å². The molecule has 5 heteroatoms. The van der Waals surface area contributed by atoms with Gasteiger partial charge >= 0.3 is 0 Å². The Balaban J connectivity index is 2.07. The van der Waals surface area contributed by atoms with Gasteiger partial charge in [-0.1, -0.05) is 18.7 Å². The summed E-state index contributed by atoms with van der Waals surface area (Å²) >= 11 is 1.39. The maximum atomic E-state index is 12.5. The lowest BCUT2D eigenvalue weighted by molar-refractivity contribution is -0.128. The van der Waals surface area contributed by atoms with Crippen LogP contribution in [0.15, 0.2) is 5.03 Å². The van der Waals surface area contributed by atoms with Gasteiger partial charge in [0.05, 0.1) is 11.3 Å². The number of pyridine rings is 1. The summed E-state index contributed by atoms with van der Waals surface area (Å²) < 4.78 is 0. The van der Waals surface area contributed by atoms with Crippen LogP contribution in [0, 0.1) is 38.0 Å². The monoisotopic (exact) mass is 331 g/mol. The Morgan fingerprint density at radius 1 is 1.35 bits per heavy atom. The molecule has 1 fully saturated rings. The highest BCUT2D eigenvalue weighted by Gasteiger charge is 2.26. The van der Waals surface area contributed by atoms with Crippen LogP contribution in [0.25, 0.3) is 0 Å². The fraction of sp³-hybridized carbons (Fsp3) is 0.611. The van der Waals surface area contributed by atoms with Crippen molar-refractivity contribution in [2.24, 2.45) is 5.92 Å². The molecule has 0 aliphatic heterocycles. The van der Waals surface area contributed by atoms with Crippen molar-refractivity contribution in [1.29, 1.82) is 5.26 Å². The number of hydrogen-bond donors (Lipinski definition) is 0. The third-order valence-electron chi connectivity index (χ3n) is 4.43. The van der Waals surface area contributed by atoms with Crippen molar-refractivity contribution in [3.05, 3.63) is 22.4 Å². The van der Waals surface area contributed by atoms with Crippen LogP contribution >= 0.6 is 11.8 Å². The first-order valence-electron chi connectivity index (χ1n) is 8.26. The van der Waals surface area contributed by atoms with E-state index in [0.29, 0.717) is 22.3 Å². The molecule has 4 nitrogen and oxygen atoms in total. The van der Waals surface area contributed by atoms with E-state index in [1.54, 1.807) is 0 Å². The molecule has 0 bridgehead atoms. The summed E-state index contributed by atoms with van der Waals surface area (Å²) in [6.07, 6.45) is 3.47. The number of carbonyl (C=O) groups is 1. The molecule has 0 radical (unpaired) electrons. The maximum absolute atomic E-state index is 12.5. The molecule has 0 atom stereocenters. The highest BCUT2D eigenvalue weighted by molar-refractivity contribution is 8.00. The summed E-state index contributed by atoms with van der Waals surface area (Å²) in [5, 5.41) is 10.1. The summed E-state index contributed by atoms with van der Waals surface area (Å²) in [6, 6.07) is 2.24. The van der Waals surface area contributed by atoms with Crippen LogP contribution in [0.2, 0.25) is 0 Å². The molecule has 1 aromatic heterocycles. The molecular formula is C18H25N3OS. The molecular weight excluding hydrogens is 306 g/mol. The minimum absolute atomic E-state index is 0.158. The van der Waals surface area contributed by atoms with Crippen LogP contribution in [0.4, 0.5) is 0 Å². The molecule has 23 heavy (non-hydrogen) atoms. The highest BCUT2D eigenvalue weighted by Crippen LogP contribution is 2.31. The number of thioether (sulfide) groups is 1. The maximum Gasteiger partial charge on any atom is 0.232 e. The number of nitriles is 1. The number of aryl methyl sites for hydroxylation is 1. The fourth-order valence-corrected chi connectivity index (χ4v) is 3.56. The summed E-state index contributed by atoms with van der Waals surface area (Å²) in [6.45, 7) is 9.69. The second kappa shape index (κ2) is 7.83. The van der Waals surface area contributed by atoms with Crippen molar-refractivity contribution in [3.8, 4) is 6.07 Å². The van der Waals surface area contributed by atoms with Gasteiger partial charge in [0.1, 0.15) is 11.1 Å². The average molecular weight is 331 g/mol. The lowest BCUT2D eigenvalue weighted by atomic mass is 10.1. The van der Waals surface area contributed by atoms with Crippen molar-refractivity contribution >= 4 is 17.7 Å². The number of amides is 1. The normalized spacial score (nSPS) is 13.7. The zero-order valence-corrected chi connectivity index (χ0v) is 15.3. The number of hydrogen-bond acceptors (Lipinski definition) is 4. The number of rotatable bonds is 7. The largest absolute Gasteiger partial charge is 0.342 e. The van der Waals surface area contributed by atoms with Crippen molar-refractivity contribution in [3.63, 3.8) is 0 Å². The zero-order valence-electron chi connectivity index (χ0n) is 14.5. The molecule has 1 aliphatic carbocycles. The Bertz CT molecular complexity index is 632. The molecule has 124 valence electrons. The topological polar surface area (TPSA) is 57.0 Å². The Labute approximate surface area is 143 Å². The van der Waals surface area contributed by atoms with E-state index in [-0.39, 0.29) is 5.91 Å². The van der Waals surface area contributed by atoms with Gasteiger partial charge < -0.3 is 4.90 Å². The van der Waals surface area contributed by atoms with Crippen LogP contribution < -0.4 is 0 Å². The third kappa shape index (κ3) is 4.48. The second-order valence-corrected chi connectivity index (χ2v) is 7.28. The molecule has 0 spiro atoms. The highest BCUT2D eigenvalue weighted by atomic mass is 32.2. The molecule has 2 rings (SSSR count). The smallest absolute Gasteiger partial charge is 0.232 e. The van der Waals surface area contributed by atoms with Crippen LogP contribution in [0.5, 0.6) is 0 Å². The lowest BCUT2D eigenvalue weighted by Crippen LogP contribution is -2.35. The Morgan fingerprint density at radius 2 is 2.04 bits per heavy atom. The molecule has 0 unspecified atom stereocenters. The van der Waals surface area contributed by atoms with Gasteiger partial charge in [-0.25, -0.2) is 4.98 Å². The second-order valence-electron chi connectivity index (χ2n) is 6.31. The number of nitrogens with zero attached hydrogens (tertiary/aromatic N) is 3. The third-order valence-corrected chi connectivity index (χ3v) is 5.39. The molecule has 1 saturated carbocycles. The minimum atomic E-state index is 0.158. The predicted octanol–water partition coefficient (Wildman–Crippen LogP) is 3.62. The van der Waals surface area contributed by atoms with E-state index >= 15 is 0 Å². The van der Waals surface area contributed by atoms with Crippen molar-refractivity contribution in [1.82, 2.24) is 9.88 Å². The summed E-state index contributed by atoms with van der Waals surface area (Å²) in [5.41, 5.74) is 3.56. The van der Waals surface area contributed by atoms with Gasteiger partial charge in [-0.3, -0.25) is 4.79 Å². The first-order chi connectivity index (χ1) is 11.0. The SMILES string of the molecule is CCCN(CC1CC1)C(=O)CSc1nc(C)c(C)c(C)c1C#N. The Morgan fingerprint density at radius 3 is 2.61 bits per heavy atom.